The van der Waals surface area contributed by atoms with E-state index in [1.54, 1.807) is 0 Å². The third-order valence-electron chi connectivity index (χ3n) is 15.3. The van der Waals surface area contributed by atoms with Crippen LogP contribution >= 0.6 is 0 Å². The number of allylic oxidation sites excluding steroid dienone is 2. The number of aliphatic imine (C=N–C) groups is 2. The van der Waals surface area contributed by atoms with Crippen LogP contribution in [0.4, 0.5) is 0 Å². The first kappa shape index (κ1) is 35.7. The average Bonchev–Trinajstić information content (AvgIpc) is 4.00. The maximum absolute atomic E-state index is 6.67. The molecule has 4 aliphatic carbocycles. The molecule has 0 saturated heterocycles. The van der Waals surface area contributed by atoms with Gasteiger partial charge in [-0.25, -0.2) is 9.98 Å². The molecule has 65 heavy (non-hydrogen) atoms. The molecule has 15 rings (SSSR count). The first-order chi connectivity index (χ1) is 32.2. The number of amidine groups is 2. The summed E-state index contributed by atoms with van der Waals surface area (Å²) in [6, 6.07) is 62.5. The Morgan fingerprint density at radius 1 is 0.554 bits per heavy atom. The van der Waals surface area contributed by atoms with Crippen LogP contribution in [0.2, 0.25) is 0 Å². The lowest BCUT2D eigenvalue weighted by Crippen LogP contribution is -2.42. The average molecular weight is 835 g/mol. The number of fused-ring (bicyclic) bond motifs is 15. The zero-order valence-corrected chi connectivity index (χ0v) is 35.6. The molecule has 4 unspecified atom stereocenters. The predicted octanol–water partition coefficient (Wildman–Crippen LogP) is 13.3. The maximum atomic E-state index is 6.67. The summed E-state index contributed by atoms with van der Waals surface area (Å²) in [5.74, 6) is 3.69. The number of hydrogen-bond acceptors (Lipinski definition) is 4. The molecule has 5 nitrogen and oxygen atoms in total. The second kappa shape index (κ2) is 13.4. The van der Waals surface area contributed by atoms with Gasteiger partial charge in [0.2, 0.25) is 0 Å². The van der Waals surface area contributed by atoms with Gasteiger partial charge in [0.15, 0.2) is 5.84 Å². The maximum Gasteiger partial charge on any atom is 0.160 e. The highest BCUT2D eigenvalue weighted by Crippen LogP contribution is 2.62. The molecular formula is C60H42N4O. The van der Waals surface area contributed by atoms with E-state index < -0.39 is 6.17 Å². The van der Waals surface area contributed by atoms with Gasteiger partial charge < -0.3 is 14.6 Å². The topological polar surface area (TPSA) is 50.9 Å². The molecule has 0 radical (unpaired) electrons. The quantitative estimate of drug-likeness (QED) is 0.192. The fourth-order valence-electron chi connectivity index (χ4n) is 12.3. The van der Waals surface area contributed by atoms with Crippen LogP contribution in [-0.4, -0.2) is 29.0 Å². The molecule has 8 aromatic carbocycles. The highest BCUT2D eigenvalue weighted by Gasteiger charge is 2.46. The van der Waals surface area contributed by atoms with Crippen LogP contribution in [-0.2, 0) is 6.42 Å². The van der Waals surface area contributed by atoms with Crippen LogP contribution in [0.3, 0.4) is 0 Å². The van der Waals surface area contributed by atoms with E-state index in [0.717, 1.165) is 52.5 Å². The van der Waals surface area contributed by atoms with E-state index >= 15 is 0 Å². The van der Waals surface area contributed by atoms with Gasteiger partial charge in [-0.2, -0.15) is 0 Å². The van der Waals surface area contributed by atoms with Crippen molar-refractivity contribution in [2.75, 3.05) is 6.61 Å². The molecule has 1 aromatic heterocycles. The SMILES string of the molecule is C1=C(C2N=C(c3cccc4c3-c3ccccc3C4)N=C(c3cccc4c3-c3ccccc3C3CC43)N2)C2=C(CC1n1c3ccccc3c3cc4ccccc4cc31)c1ccccc1OC2. The number of nitrogens with one attached hydrogen (secondary N) is 1. The van der Waals surface area contributed by atoms with Gasteiger partial charge in [0.05, 0.1) is 11.6 Å². The third kappa shape index (κ3) is 5.21. The van der Waals surface area contributed by atoms with E-state index in [4.69, 9.17) is 14.7 Å². The number of nitrogens with zero attached hydrogens (tertiary/aromatic N) is 3. The van der Waals surface area contributed by atoms with Gasteiger partial charge in [-0.1, -0.05) is 152 Å². The van der Waals surface area contributed by atoms with E-state index in [-0.39, 0.29) is 6.04 Å². The fourth-order valence-corrected chi connectivity index (χ4v) is 12.3. The Morgan fingerprint density at radius 3 is 2.20 bits per heavy atom. The minimum absolute atomic E-state index is 0.00255. The number of ether oxygens (including phenoxy) is 1. The summed E-state index contributed by atoms with van der Waals surface area (Å²) in [5, 5.41) is 9.09. The van der Waals surface area contributed by atoms with Crippen LogP contribution < -0.4 is 10.1 Å². The van der Waals surface area contributed by atoms with E-state index in [1.165, 1.54) is 94.7 Å². The minimum Gasteiger partial charge on any atom is -0.488 e. The molecule has 6 aliphatic rings. The van der Waals surface area contributed by atoms with E-state index in [0.29, 0.717) is 18.4 Å². The Morgan fingerprint density at radius 2 is 1.26 bits per heavy atom. The molecule has 9 aromatic rings. The summed E-state index contributed by atoms with van der Waals surface area (Å²) in [6.07, 6.45) is 5.00. The molecule has 0 amide bonds. The van der Waals surface area contributed by atoms with Crippen LogP contribution in [0.15, 0.2) is 197 Å². The van der Waals surface area contributed by atoms with Crippen LogP contribution in [0.25, 0.3) is 60.4 Å². The molecule has 1 N–H and O–H groups in total. The van der Waals surface area contributed by atoms with Crippen LogP contribution in [0.1, 0.15) is 69.7 Å². The molecule has 4 atom stereocenters. The number of para-hydroxylation sites is 2. The summed E-state index contributed by atoms with van der Waals surface area (Å²) in [4.78, 5) is 11.4. The molecule has 0 spiro atoms. The summed E-state index contributed by atoms with van der Waals surface area (Å²) in [7, 11) is 0. The summed E-state index contributed by atoms with van der Waals surface area (Å²) in [6.45, 7) is 0.476. The first-order valence-corrected chi connectivity index (χ1v) is 23.2. The molecule has 1 fully saturated rings. The Bertz CT molecular complexity index is 3710. The summed E-state index contributed by atoms with van der Waals surface area (Å²) >= 11 is 0. The first-order valence-electron chi connectivity index (χ1n) is 23.2. The molecular weight excluding hydrogens is 793 g/mol. The van der Waals surface area contributed by atoms with Crippen molar-refractivity contribution < 1.29 is 4.74 Å². The molecule has 0 bridgehead atoms. The smallest absolute Gasteiger partial charge is 0.160 e. The second-order valence-electron chi connectivity index (χ2n) is 18.7. The monoisotopic (exact) mass is 834 g/mol. The van der Waals surface area contributed by atoms with E-state index in [1.807, 2.05) is 0 Å². The normalized spacial score (nSPS) is 20.8. The molecule has 3 heterocycles. The molecule has 1 saturated carbocycles. The van der Waals surface area contributed by atoms with Gasteiger partial charge in [0, 0.05) is 44.1 Å². The van der Waals surface area contributed by atoms with Gasteiger partial charge in [-0.15, -0.1) is 0 Å². The Hall–Kier alpha value is -7.76. The van der Waals surface area contributed by atoms with Crippen molar-refractivity contribution >= 4 is 49.8 Å². The van der Waals surface area contributed by atoms with Gasteiger partial charge in [-0.05, 0) is 116 Å². The number of aromatic nitrogens is 1. The van der Waals surface area contributed by atoms with Gasteiger partial charge in [0.1, 0.15) is 24.4 Å². The zero-order valence-electron chi connectivity index (χ0n) is 35.6. The van der Waals surface area contributed by atoms with Crippen molar-refractivity contribution in [1.29, 1.82) is 0 Å². The zero-order chi connectivity index (χ0) is 42.3. The van der Waals surface area contributed by atoms with Gasteiger partial charge >= 0.3 is 0 Å². The summed E-state index contributed by atoms with van der Waals surface area (Å²) < 4.78 is 9.27. The lowest BCUT2D eigenvalue weighted by atomic mass is 9.81. The van der Waals surface area contributed by atoms with Crippen molar-refractivity contribution in [3.8, 4) is 28.0 Å². The Kier molecular flexibility index (Phi) is 7.34. The second-order valence-corrected chi connectivity index (χ2v) is 18.7. The molecule has 2 aliphatic heterocycles. The summed E-state index contributed by atoms with van der Waals surface area (Å²) in [5.41, 5.74) is 20.2. The fraction of sp³-hybridized carbons (Fsp3) is 0.133. The van der Waals surface area contributed by atoms with E-state index in [9.17, 15) is 0 Å². The highest BCUT2D eigenvalue weighted by atomic mass is 16.5. The van der Waals surface area contributed by atoms with Crippen molar-refractivity contribution in [2.24, 2.45) is 9.98 Å². The number of hydrogen-bond donors (Lipinski definition) is 1. The van der Waals surface area contributed by atoms with Crippen LogP contribution in [0.5, 0.6) is 5.75 Å². The van der Waals surface area contributed by atoms with Gasteiger partial charge in [-0.3, -0.25) is 0 Å². The van der Waals surface area contributed by atoms with Crippen LogP contribution in [0, 0.1) is 0 Å². The van der Waals surface area contributed by atoms with Crippen molar-refractivity contribution in [3.05, 3.63) is 226 Å². The van der Waals surface area contributed by atoms with Gasteiger partial charge in [0.25, 0.3) is 0 Å². The Labute approximate surface area is 376 Å². The number of benzene rings is 8. The van der Waals surface area contributed by atoms with E-state index in [2.05, 4.69) is 186 Å². The lowest BCUT2D eigenvalue weighted by Gasteiger charge is -2.36. The third-order valence-corrected chi connectivity index (χ3v) is 15.3. The van der Waals surface area contributed by atoms with Crippen molar-refractivity contribution in [3.63, 3.8) is 0 Å². The van der Waals surface area contributed by atoms with Crippen molar-refractivity contribution in [1.82, 2.24) is 9.88 Å². The lowest BCUT2D eigenvalue weighted by molar-refractivity contribution is 0.343. The largest absolute Gasteiger partial charge is 0.488 e. The number of rotatable bonds is 4. The molecule has 308 valence electrons. The molecule has 5 heteroatoms. The minimum atomic E-state index is -0.441. The predicted molar refractivity (Wildman–Crippen MR) is 264 cm³/mol. The Balaban J connectivity index is 0.974. The standard InChI is InChI=1S/C60H42N4O/c1-2-14-35-29-54-50(28-34(35)13-1)41-19-7-9-25-53(41)64(54)38-30-47-42-20-8-10-26-55(42)65-33-52(47)51(31-38)60-62-58(45-23-11-16-37-27-36-15-3-4-17-39(36)56(37)45)61-59(63-60)46-24-12-22-44-49-32-48(49)40-18-5-6-21-43(40)57(44)46/h1-26,28-29,31,38,48-49,60H,27,30,32-33H2,(H,61,62,63). The van der Waals surface area contributed by atoms with Crippen molar-refractivity contribution in [2.45, 2.75) is 43.3 Å². The highest BCUT2D eigenvalue weighted by molar-refractivity contribution is 6.18.